The number of hydrogen-bond donors (Lipinski definition) is 2. The Morgan fingerprint density at radius 1 is 1.24 bits per heavy atom. The molecule has 0 amide bonds. The maximum Gasteiger partial charge on any atom is 0.131 e. The van der Waals surface area contributed by atoms with Crippen LogP contribution in [0.2, 0.25) is 0 Å². The SMILES string of the molecule is COc1cccc(F)c1C(Cc1ccc(F)cc1C)NN. The number of aryl methyl sites for hydroxylation is 1. The predicted molar refractivity (Wildman–Crippen MR) is 77.9 cm³/mol. The second-order valence-corrected chi connectivity index (χ2v) is 4.85. The Bertz CT molecular complexity index is 632. The van der Waals surface area contributed by atoms with Crippen LogP contribution < -0.4 is 16.0 Å². The summed E-state index contributed by atoms with van der Waals surface area (Å²) in [5.41, 5.74) is 4.67. The molecule has 0 radical (unpaired) electrons. The van der Waals surface area contributed by atoms with Gasteiger partial charge in [-0.25, -0.2) is 8.78 Å². The zero-order valence-corrected chi connectivity index (χ0v) is 12.0. The largest absolute Gasteiger partial charge is 0.496 e. The van der Waals surface area contributed by atoms with Crippen LogP contribution in [0.1, 0.15) is 22.7 Å². The van der Waals surface area contributed by atoms with Crippen molar-refractivity contribution < 1.29 is 13.5 Å². The van der Waals surface area contributed by atoms with Crippen molar-refractivity contribution in [2.24, 2.45) is 5.84 Å². The summed E-state index contributed by atoms with van der Waals surface area (Å²) in [6.45, 7) is 1.81. The summed E-state index contributed by atoms with van der Waals surface area (Å²) in [6.07, 6.45) is 0.430. The molecular weight excluding hydrogens is 274 g/mol. The fraction of sp³-hybridized carbons (Fsp3) is 0.250. The van der Waals surface area contributed by atoms with Crippen LogP contribution in [0.5, 0.6) is 5.75 Å². The number of ether oxygens (including phenoxy) is 1. The summed E-state index contributed by atoms with van der Waals surface area (Å²) in [5, 5.41) is 0. The molecular formula is C16H18F2N2O. The highest BCUT2D eigenvalue weighted by molar-refractivity contribution is 5.39. The van der Waals surface area contributed by atoms with E-state index < -0.39 is 11.9 Å². The van der Waals surface area contributed by atoms with Gasteiger partial charge in [-0.1, -0.05) is 12.1 Å². The van der Waals surface area contributed by atoms with Gasteiger partial charge in [-0.15, -0.1) is 0 Å². The molecule has 112 valence electrons. The van der Waals surface area contributed by atoms with E-state index in [1.54, 1.807) is 18.2 Å². The summed E-state index contributed by atoms with van der Waals surface area (Å²) in [7, 11) is 1.48. The molecule has 1 unspecified atom stereocenters. The van der Waals surface area contributed by atoms with E-state index in [2.05, 4.69) is 5.43 Å². The number of benzene rings is 2. The first kappa shape index (κ1) is 15.4. The molecule has 21 heavy (non-hydrogen) atoms. The third-order valence-corrected chi connectivity index (χ3v) is 3.51. The molecule has 0 saturated heterocycles. The number of hydrazine groups is 1. The topological polar surface area (TPSA) is 47.3 Å². The number of methoxy groups -OCH3 is 1. The highest BCUT2D eigenvalue weighted by Gasteiger charge is 2.20. The van der Waals surface area contributed by atoms with E-state index in [1.165, 1.54) is 25.3 Å². The van der Waals surface area contributed by atoms with Gasteiger partial charge in [0, 0.05) is 5.56 Å². The number of nitrogens with one attached hydrogen (secondary N) is 1. The normalized spacial score (nSPS) is 12.2. The van der Waals surface area contributed by atoms with Gasteiger partial charge in [0.05, 0.1) is 13.2 Å². The van der Waals surface area contributed by atoms with Crippen LogP contribution in [-0.2, 0) is 6.42 Å². The Morgan fingerprint density at radius 2 is 2.00 bits per heavy atom. The van der Waals surface area contributed by atoms with Crippen LogP contribution in [0.3, 0.4) is 0 Å². The van der Waals surface area contributed by atoms with E-state index in [9.17, 15) is 8.78 Å². The van der Waals surface area contributed by atoms with Crippen molar-refractivity contribution in [3.63, 3.8) is 0 Å². The van der Waals surface area contributed by atoms with E-state index in [1.807, 2.05) is 6.92 Å². The average Bonchev–Trinajstić information content (AvgIpc) is 2.47. The van der Waals surface area contributed by atoms with Crippen molar-refractivity contribution in [2.45, 2.75) is 19.4 Å². The van der Waals surface area contributed by atoms with Crippen LogP contribution >= 0.6 is 0 Å². The van der Waals surface area contributed by atoms with Crippen molar-refractivity contribution in [3.05, 3.63) is 64.7 Å². The molecule has 0 aliphatic rings. The molecule has 3 N–H and O–H groups in total. The summed E-state index contributed by atoms with van der Waals surface area (Å²) in [4.78, 5) is 0. The van der Waals surface area contributed by atoms with E-state index in [0.717, 1.165) is 11.1 Å². The van der Waals surface area contributed by atoms with E-state index in [-0.39, 0.29) is 5.82 Å². The maximum atomic E-state index is 14.1. The van der Waals surface area contributed by atoms with E-state index in [0.29, 0.717) is 17.7 Å². The third kappa shape index (κ3) is 3.37. The standard InChI is InChI=1S/C16H18F2N2O/c1-10-8-12(17)7-6-11(10)9-14(20-19)16-13(18)4-3-5-15(16)21-2/h3-8,14,20H,9,19H2,1-2H3. The molecule has 2 aromatic carbocycles. The first-order valence-corrected chi connectivity index (χ1v) is 6.60. The monoisotopic (exact) mass is 292 g/mol. The zero-order valence-electron chi connectivity index (χ0n) is 12.0. The highest BCUT2D eigenvalue weighted by atomic mass is 19.1. The molecule has 1 atom stereocenters. The summed E-state index contributed by atoms with van der Waals surface area (Å²) >= 11 is 0. The van der Waals surface area contributed by atoms with Crippen LogP contribution in [0.4, 0.5) is 8.78 Å². The van der Waals surface area contributed by atoms with Crippen LogP contribution in [0.15, 0.2) is 36.4 Å². The van der Waals surface area contributed by atoms with Crippen molar-refractivity contribution in [1.29, 1.82) is 0 Å². The first-order valence-electron chi connectivity index (χ1n) is 6.60. The highest BCUT2D eigenvalue weighted by Crippen LogP contribution is 2.30. The zero-order chi connectivity index (χ0) is 15.4. The smallest absolute Gasteiger partial charge is 0.131 e. The average molecular weight is 292 g/mol. The lowest BCUT2D eigenvalue weighted by Crippen LogP contribution is -2.30. The van der Waals surface area contributed by atoms with Gasteiger partial charge in [0.15, 0.2) is 0 Å². The lowest BCUT2D eigenvalue weighted by molar-refractivity contribution is 0.390. The Balaban J connectivity index is 2.36. The van der Waals surface area contributed by atoms with Crippen molar-refractivity contribution >= 4 is 0 Å². The molecule has 0 spiro atoms. The Morgan fingerprint density at radius 3 is 2.62 bits per heavy atom. The minimum absolute atomic E-state index is 0.294. The van der Waals surface area contributed by atoms with Crippen molar-refractivity contribution in [2.75, 3.05) is 7.11 Å². The van der Waals surface area contributed by atoms with Gasteiger partial charge in [0.1, 0.15) is 17.4 Å². The Kier molecular flexibility index (Phi) is 4.88. The molecule has 0 aliphatic carbocycles. The lowest BCUT2D eigenvalue weighted by Gasteiger charge is -2.20. The fourth-order valence-electron chi connectivity index (χ4n) is 2.39. The van der Waals surface area contributed by atoms with Crippen molar-refractivity contribution in [1.82, 2.24) is 5.43 Å². The third-order valence-electron chi connectivity index (χ3n) is 3.51. The van der Waals surface area contributed by atoms with Gasteiger partial charge in [0.2, 0.25) is 0 Å². The minimum Gasteiger partial charge on any atom is -0.496 e. The quantitative estimate of drug-likeness (QED) is 0.658. The number of hydrogen-bond acceptors (Lipinski definition) is 3. The number of nitrogens with two attached hydrogens (primary N) is 1. The van der Waals surface area contributed by atoms with Gasteiger partial charge >= 0.3 is 0 Å². The summed E-state index contributed by atoms with van der Waals surface area (Å²) in [5.74, 6) is 5.32. The fourth-order valence-corrected chi connectivity index (χ4v) is 2.39. The number of rotatable bonds is 5. The van der Waals surface area contributed by atoms with Gasteiger partial charge in [0.25, 0.3) is 0 Å². The van der Waals surface area contributed by atoms with Gasteiger partial charge < -0.3 is 4.74 Å². The molecule has 5 heteroatoms. The van der Waals surface area contributed by atoms with Gasteiger partial charge in [-0.2, -0.15) is 0 Å². The van der Waals surface area contributed by atoms with Crippen LogP contribution in [0, 0.1) is 18.6 Å². The second kappa shape index (κ2) is 6.65. The van der Waals surface area contributed by atoms with Crippen molar-refractivity contribution in [3.8, 4) is 5.75 Å². The molecule has 3 nitrogen and oxygen atoms in total. The van der Waals surface area contributed by atoms with Gasteiger partial charge in [-0.3, -0.25) is 11.3 Å². The summed E-state index contributed by atoms with van der Waals surface area (Å²) in [6, 6.07) is 8.66. The molecule has 0 saturated carbocycles. The van der Waals surface area contributed by atoms with Crippen LogP contribution in [-0.4, -0.2) is 7.11 Å². The Labute approximate surface area is 122 Å². The van der Waals surface area contributed by atoms with E-state index >= 15 is 0 Å². The molecule has 2 aromatic rings. The second-order valence-electron chi connectivity index (χ2n) is 4.85. The molecule has 0 fully saturated rings. The predicted octanol–water partition coefficient (Wildman–Crippen LogP) is 3.03. The number of halogens is 2. The van der Waals surface area contributed by atoms with Gasteiger partial charge in [-0.05, 0) is 48.7 Å². The molecule has 0 bridgehead atoms. The molecule has 0 aliphatic heterocycles. The molecule has 0 heterocycles. The first-order chi connectivity index (χ1) is 10.1. The maximum absolute atomic E-state index is 14.1. The molecule has 0 aromatic heterocycles. The minimum atomic E-state index is -0.467. The van der Waals surface area contributed by atoms with E-state index in [4.69, 9.17) is 10.6 Å². The Hall–Kier alpha value is -1.98. The lowest BCUT2D eigenvalue weighted by atomic mass is 9.95. The summed E-state index contributed by atoms with van der Waals surface area (Å²) < 4.78 is 32.5. The molecule has 2 rings (SSSR count). The van der Waals surface area contributed by atoms with Crippen LogP contribution in [0.25, 0.3) is 0 Å².